The summed E-state index contributed by atoms with van der Waals surface area (Å²) in [6.45, 7) is -0.576. The second-order valence-corrected chi connectivity index (χ2v) is 15.8. The molecule has 324 valence electrons. The summed E-state index contributed by atoms with van der Waals surface area (Å²) in [7, 11) is 0. The molecule has 4 aliphatic heterocycles. The quantitative estimate of drug-likeness (QED) is 0.0719. The van der Waals surface area contributed by atoms with E-state index in [1.807, 2.05) is 0 Å². The van der Waals surface area contributed by atoms with Gasteiger partial charge in [-0.15, -0.1) is 0 Å². The SMILES string of the molecule is CC(=O)OCC1OC(OC2CC(O)CC3[OH+]C(C4CC(O)C(O)C(O)C4)C(OC4OC(CO)C(O)C(O)C4OC4OCC(O)C(O)C4O)CC23)C(O)C(O)C1O. The van der Waals surface area contributed by atoms with Crippen LogP contribution in [-0.2, 0) is 38.0 Å². The van der Waals surface area contributed by atoms with Gasteiger partial charge in [0, 0.05) is 25.7 Å². The number of esters is 1. The molecular formula is C34H57O22+. The molecule has 14 N–H and O–H groups in total. The fourth-order valence-electron chi connectivity index (χ4n) is 8.77. The van der Waals surface area contributed by atoms with Crippen LogP contribution < -0.4 is 0 Å². The summed E-state index contributed by atoms with van der Waals surface area (Å²) in [4.78, 5) is 11.4. The van der Waals surface area contributed by atoms with Gasteiger partial charge in [0.1, 0.15) is 86.0 Å². The van der Waals surface area contributed by atoms with Crippen LogP contribution in [0.3, 0.4) is 0 Å². The van der Waals surface area contributed by atoms with Crippen molar-refractivity contribution in [3.8, 4) is 0 Å². The van der Waals surface area contributed by atoms with Crippen molar-refractivity contribution in [1.29, 1.82) is 0 Å². The Morgan fingerprint density at radius 3 is 1.91 bits per heavy atom. The average molecular weight is 818 g/mol. The van der Waals surface area contributed by atoms with Crippen molar-refractivity contribution < 1.29 is 109 Å². The number of rotatable bonds is 10. The highest BCUT2D eigenvalue weighted by molar-refractivity contribution is 5.65. The van der Waals surface area contributed by atoms with Gasteiger partial charge in [0.15, 0.2) is 31.1 Å². The van der Waals surface area contributed by atoms with Gasteiger partial charge in [-0.1, -0.05) is 0 Å². The van der Waals surface area contributed by atoms with E-state index in [0.29, 0.717) is 0 Å². The topological polar surface area (TPSA) is 357 Å². The molecule has 22 nitrogen and oxygen atoms in total. The molecule has 0 spiro atoms. The molecule has 2 aliphatic carbocycles. The minimum atomic E-state index is -1.83. The molecule has 56 heavy (non-hydrogen) atoms. The monoisotopic (exact) mass is 817 g/mol. The maximum absolute atomic E-state index is 11.4. The van der Waals surface area contributed by atoms with E-state index >= 15 is 0 Å². The molecule has 6 aliphatic rings. The molecule has 0 aromatic heterocycles. The van der Waals surface area contributed by atoms with Crippen LogP contribution in [0.5, 0.6) is 0 Å². The molecule has 22 unspecified atom stereocenters. The maximum Gasteiger partial charge on any atom is 0.302 e. The van der Waals surface area contributed by atoms with Crippen molar-refractivity contribution in [3.63, 3.8) is 0 Å². The number of aliphatic hydroxyl groups excluding tert-OH is 13. The number of hydrogen-bond donors (Lipinski definition) is 13. The summed E-state index contributed by atoms with van der Waals surface area (Å²) >= 11 is 0. The summed E-state index contributed by atoms with van der Waals surface area (Å²) in [5.41, 5.74) is 0. The van der Waals surface area contributed by atoms with Gasteiger partial charge in [-0.3, -0.25) is 4.79 Å². The summed E-state index contributed by atoms with van der Waals surface area (Å²) in [6, 6.07) is 0. The van der Waals surface area contributed by atoms with Crippen LogP contribution in [0.25, 0.3) is 0 Å². The Morgan fingerprint density at radius 2 is 1.25 bits per heavy atom. The number of carbonyl (C=O) groups excluding carboxylic acids is 1. The van der Waals surface area contributed by atoms with Crippen LogP contribution in [0.4, 0.5) is 0 Å². The second-order valence-electron chi connectivity index (χ2n) is 15.8. The first-order chi connectivity index (χ1) is 26.5. The van der Waals surface area contributed by atoms with E-state index in [-0.39, 0.29) is 32.1 Å². The molecule has 0 aromatic rings. The van der Waals surface area contributed by atoms with Crippen molar-refractivity contribution in [2.75, 3.05) is 19.8 Å². The van der Waals surface area contributed by atoms with Gasteiger partial charge in [0.05, 0.1) is 43.5 Å². The number of ether oxygens (including phenoxy) is 8. The van der Waals surface area contributed by atoms with Gasteiger partial charge in [-0.05, 0) is 19.3 Å². The lowest BCUT2D eigenvalue weighted by atomic mass is 9.72. The molecule has 2 saturated carbocycles. The Balaban J connectivity index is 1.28. The highest BCUT2D eigenvalue weighted by Gasteiger charge is 2.58. The first kappa shape index (κ1) is 44.2. The molecule has 6 rings (SSSR count). The van der Waals surface area contributed by atoms with Gasteiger partial charge >= 0.3 is 5.97 Å². The zero-order valence-electron chi connectivity index (χ0n) is 30.5. The average Bonchev–Trinajstić information content (AvgIpc) is 3.15. The number of aliphatic hydroxyl groups is 15. The molecule has 22 atom stereocenters. The normalized spacial score (nSPS) is 52.9. The molecule has 0 bridgehead atoms. The van der Waals surface area contributed by atoms with Gasteiger partial charge in [-0.25, -0.2) is 0 Å². The van der Waals surface area contributed by atoms with E-state index in [0.717, 1.165) is 6.92 Å². The van der Waals surface area contributed by atoms with E-state index in [1.54, 1.807) is 0 Å². The van der Waals surface area contributed by atoms with Crippen molar-refractivity contribution in [2.45, 2.75) is 174 Å². The summed E-state index contributed by atoms with van der Waals surface area (Å²) in [6.07, 6.45) is -31.6. The van der Waals surface area contributed by atoms with E-state index in [4.69, 9.17) is 37.9 Å². The fraction of sp³-hybridized carbons (Fsp3) is 0.971. The lowest BCUT2D eigenvalue weighted by Gasteiger charge is -2.51. The molecule has 22 heteroatoms. The molecular weight excluding hydrogens is 760 g/mol. The largest absolute Gasteiger partial charge is 0.463 e. The van der Waals surface area contributed by atoms with Gasteiger partial charge < -0.3 is 104 Å². The van der Waals surface area contributed by atoms with Crippen LogP contribution >= 0.6 is 0 Å². The third-order valence-electron chi connectivity index (χ3n) is 11.9. The Morgan fingerprint density at radius 1 is 0.625 bits per heavy atom. The summed E-state index contributed by atoms with van der Waals surface area (Å²) in [5.74, 6) is -1.96. The first-order valence-electron chi connectivity index (χ1n) is 19.0. The Kier molecular flexibility index (Phi) is 14.6. The maximum atomic E-state index is 11.4. The Bertz CT molecular complexity index is 1270. The molecule has 0 amide bonds. The predicted molar refractivity (Wildman–Crippen MR) is 177 cm³/mol. The molecule has 0 aromatic carbocycles. The first-order valence-corrected chi connectivity index (χ1v) is 19.0. The fourth-order valence-corrected chi connectivity index (χ4v) is 8.77. The lowest BCUT2D eigenvalue weighted by molar-refractivity contribution is -0.385. The van der Waals surface area contributed by atoms with E-state index < -0.39 is 172 Å². The van der Waals surface area contributed by atoms with E-state index in [9.17, 15) is 71.2 Å². The number of fused-ring (bicyclic) bond motifs is 1. The highest BCUT2D eigenvalue weighted by Crippen LogP contribution is 2.44. The van der Waals surface area contributed by atoms with Gasteiger partial charge in [0.2, 0.25) is 0 Å². The van der Waals surface area contributed by atoms with Crippen molar-refractivity contribution in [3.05, 3.63) is 0 Å². The van der Waals surface area contributed by atoms with Gasteiger partial charge in [-0.2, -0.15) is 0 Å². The van der Waals surface area contributed by atoms with E-state index in [2.05, 4.69) is 0 Å². The highest BCUT2D eigenvalue weighted by atomic mass is 16.8. The zero-order chi connectivity index (χ0) is 40.7. The third kappa shape index (κ3) is 9.34. The van der Waals surface area contributed by atoms with Crippen LogP contribution in [0, 0.1) is 11.8 Å². The lowest BCUT2D eigenvalue weighted by Crippen LogP contribution is -2.66. The van der Waals surface area contributed by atoms with E-state index in [1.165, 1.54) is 0 Å². The van der Waals surface area contributed by atoms with Crippen LogP contribution in [0.15, 0.2) is 0 Å². The minimum Gasteiger partial charge on any atom is -0.463 e. The standard InChI is InChI=1S/C34H56O22/c1-10(36)49-9-21-25(44)26(45)29(48)33(55-21)52-18-5-12(37)4-17-13(18)6-19(30(51-17)11-2-14(38)22(41)15(39)3-11)53-34-31(27(46)24(43)20(7-35)54-34)56-32-28(47)23(42)16(40)8-50-32/h11-35,37-48H,2-9H2,1H3/p+1. The Labute approximate surface area is 320 Å². The molecule has 4 heterocycles. The Hall–Kier alpha value is -1.33. The summed E-state index contributed by atoms with van der Waals surface area (Å²) < 4.78 is 45.5. The summed E-state index contributed by atoms with van der Waals surface area (Å²) in [5, 5.41) is 137. The molecule has 4 saturated heterocycles. The minimum absolute atomic E-state index is 0.0186. The van der Waals surface area contributed by atoms with Crippen molar-refractivity contribution in [2.24, 2.45) is 11.8 Å². The second kappa shape index (κ2) is 18.5. The molecule has 0 radical (unpaired) electrons. The zero-order valence-corrected chi connectivity index (χ0v) is 30.5. The predicted octanol–water partition coefficient (Wildman–Crippen LogP) is -7.68. The van der Waals surface area contributed by atoms with Gasteiger partial charge in [0.25, 0.3) is 0 Å². The molecule has 6 fully saturated rings. The number of hydrogen-bond acceptors (Lipinski definition) is 21. The smallest absolute Gasteiger partial charge is 0.302 e. The van der Waals surface area contributed by atoms with Crippen LogP contribution in [0.1, 0.15) is 39.0 Å². The van der Waals surface area contributed by atoms with Crippen molar-refractivity contribution >= 4 is 5.97 Å². The van der Waals surface area contributed by atoms with Crippen LogP contribution in [0.2, 0.25) is 0 Å². The number of carbonyl (C=O) groups is 1. The third-order valence-corrected chi connectivity index (χ3v) is 11.9. The van der Waals surface area contributed by atoms with Crippen LogP contribution in [-0.4, -0.2) is 232 Å². The van der Waals surface area contributed by atoms with Crippen molar-refractivity contribution in [1.82, 2.24) is 0 Å².